The number of benzene rings is 1. The SMILES string of the molecule is Cc1cc(=O)c(C(=O)NC(C)c2cccc(F)c2)c[nH]1. The number of amides is 1. The molecule has 0 aliphatic carbocycles. The van der Waals surface area contributed by atoms with Gasteiger partial charge in [0.15, 0.2) is 5.43 Å². The second-order valence-corrected chi connectivity index (χ2v) is 4.64. The van der Waals surface area contributed by atoms with Crippen LogP contribution in [-0.4, -0.2) is 10.9 Å². The van der Waals surface area contributed by atoms with Crippen LogP contribution in [0.3, 0.4) is 0 Å². The number of pyridine rings is 1. The summed E-state index contributed by atoms with van der Waals surface area (Å²) in [5, 5.41) is 2.67. The average Bonchev–Trinajstić information content (AvgIpc) is 2.38. The first-order chi connectivity index (χ1) is 9.47. The molecule has 0 saturated heterocycles. The summed E-state index contributed by atoms with van der Waals surface area (Å²) in [7, 11) is 0. The van der Waals surface area contributed by atoms with Gasteiger partial charge in [0.25, 0.3) is 5.91 Å². The molecule has 20 heavy (non-hydrogen) atoms. The highest BCUT2D eigenvalue weighted by molar-refractivity contribution is 5.94. The minimum absolute atomic E-state index is 0.0406. The lowest BCUT2D eigenvalue weighted by Crippen LogP contribution is -2.31. The van der Waals surface area contributed by atoms with Crippen LogP contribution in [0, 0.1) is 12.7 Å². The number of H-pyrrole nitrogens is 1. The third-order valence-electron chi connectivity index (χ3n) is 3.00. The van der Waals surface area contributed by atoms with Gasteiger partial charge in [-0.3, -0.25) is 9.59 Å². The minimum atomic E-state index is -0.483. The van der Waals surface area contributed by atoms with Gasteiger partial charge >= 0.3 is 0 Å². The van der Waals surface area contributed by atoms with Gasteiger partial charge in [-0.1, -0.05) is 12.1 Å². The van der Waals surface area contributed by atoms with Gasteiger partial charge in [-0.25, -0.2) is 4.39 Å². The molecular weight excluding hydrogens is 259 g/mol. The van der Waals surface area contributed by atoms with Crippen molar-refractivity contribution in [2.24, 2.45) is 0 Å². The summed E-state index contributed by atoms with van der Waals surface area (Å²) in [5.41, 5.74) is 1.02. The summed E-state index contributed by atoms with van der Waals surface area (Å²) in [5.74, 6) is -0.847. The van der Waals surface area contributed by atoms with E-state index < -0.39 is 5.91 Å². The second kappa shape index (κ2) is 5.69. The third-order valence-corrected chi connectivity index (χ3v) is 3.00. The lowest BCUT2D eigenvalue weighted by Gasteiger charge is -2.14. The van der Waals surface area contributed by atoms with E-state index in [4.69, 9.17) is 0 Å². The quantitative estimate of drug-likeness (QED) is 0.902. The van der Waals surface area contributed by atoms with Crippen LogP contribution < -0.4 is 10.7 Å². The lowest BCUT2D eigenvalue weighted by atomic mass is 10.1. The van der Waals surface area contributed by atoms with Crippen molar-refractivity contribution in [1.82, 2.24) is 10.3 Å². The van der Waals surface area contributed by atoms with E-state index in [1.165, 1.54) is 24.4 Å². The number of aryl methyl sites for hydroxylation is 1. The fourth-order valence-corrected chi connectivity index (χ4v) is 1.88. The van der Waals surface area contributed by atoms with Gasteiger partial charge in [0.1, 0.15) is 11.4 Å². The Morgan fingerprint density at radius 2 is 2.10 bits per heavy atom. The van der Waals surface area contributed by atoms with Crippen LogP contribution in [0.15, 0.2) is 41.3 Å². The lowest BCUT2D eigenvalue weighted by molar-refractivity contribution is 0.0938. The molecule has 0 aliphatic heterocycles. The van der Waals surface area contributed by atoms with Gasteiger partial charge < -0.3 is 10.3 Å². The molecule has 0 spiro atoms. The number of hydrogen-bond donors (Lipinski definition) is 2. The van der Waals surface area contributed by atoms with Crippen LogP contribution >= 0.6 is 0 Å². The first-order valence-electron chi connectivity index (χ1n) is 6.23. The van der Waals surface area contributed by atoms with Crippen LogP contribution in [0.4, 0.5) is 4.39 Å². The summed E-state index contributed by atoms with van der Waals surface area (Å²) >= 11 is 0. The van der Waals surface area contributed by atoms with E-state index >= 15 is 0 Å². The van der Waals surface area contributed by atoms with Gasteiger partial charge in [0, 0.05) is 18.0 Å². The number of aromatic nitrogens is 1. The largest absolute Gasteiger partial charge is 0.364 e. The Morgan fingerprint density at radius 1 is 1.35 bits per heavy atom. The third kappa shape index (κ3) is 3.12. The molecule has 2 aromatic rings. The van der Waals surface area contributed by atoms with E-state index in [-0.39, 0.29) is 22.9 Å². The summed E-state index contributed by atoms with van der Waals surface area (Å²) in [4.78, 5) is 26.6. The van der Waals surface area contributed by atoms with Crippen molar-refractivity contribution in [1.29, 1.82) is 0 Å². The van der Waals surface area contributed by atoms with Gasteiger partial charge in [-0.15, -0.1) is 0 Å². The van der Waals surface area contributed by atoms with Crippen molar-refractivity contribution in [3.05, 3.63) is 69.4 Å². The fourth-order valence-electron chi connectivity index (χ4n) is 1.88. The topological polar surface area (TPSA) is 62.0 Å². The molecule has 104 valence electrons. The zero-order valence-corrected chi connectivity index (χ0v) is 11.2. The van der Waals surface area contributed by atoms with Crippen molar-refractivity contribution < 1.29 is 9.18 Å². The van der Waals surface area contributed by atoms with Gasteiger partial charge in [-0.2, -0.15) is 0 Å². The van der Waals surface area contributed by atoms with Crippen LogP contribution in [0.2, 0.25) is 0 Å². The molecule has 1 amide bonds. The van der Waals surface area contributed by atoms with Crippen molar-refractivity contribution in [2.45, 2.75) is 19.9 Å². The number of carbonyl (C=O) groups excluding carboxylic acids is 1. The Bertz CT molecular complexity index is 694. The number of rotatable bonds is 3. The molecule has 1 atom stereocenters. The molecular formula is C15H15FN2O2. The van der Waals surface area contributed by atoms with E-state index in [0.717, 1.165) is 0 Å². The molecule has 1 unspecified atom stereocenters. The number of aromatic amines is 1. The van der Waals surface area contributed by atoms with Crippen molar-refractivity contribution in [3.8, 4) is 0 Å². The van der Waals surface area contributed by atoms with Crippen LogP contribution in [0.5, 0.6) is 0 Å². The van der Waals surface area contributed by atoms with Gasteiger partial charge in [0.05, 0.1) is 6.04 Å². The highest BCUT2D eigenvalue weighted by Crippen LogP contribution is 2.13. The molecule has 4 nitrogen and oxygen atoms in total. The van der Waals surface area contributed by atoms with Crippen LogP contribution in [0.1, 0.15) is 34.6 Å². The Labute approximate surface area is 115 Å². The highest BCUT2D eigenvalue weighted by Gasteiger charge is 2.14. The molecule has 1 heterocycles. The molecule has 0 bridgehead atoms. The Hall–Kier alpha value is -2.43. The van der Waals surface area contributed by atoms with Gasteiger partial charge in [-0.05, 0) is 31.5 Å². The Kier molecular flexibility index (Phi) is 3.98. The minimum Gasteiger partial charge on any atom is -0.364 e. The van der Waals surface area contributed by atoms with E-state index in [1.54, 1.807) is 26.0 Å². The number of nitrogens with one attached hydrogen (secondary N) is 2. The maximum absolute atomic E-state index is 13.1. The zero-order chi connectivity index (χ0) is 14.7. The van der Waals surface area contributed by atoms with Crippen LogP contribution in [0.25, 0.3) is 0 Å². The molecule has 2 N–H and O–H groups in total. The fraction of sp³-hybridized carbons (Fsp3) is 0.200. The van der Waals surface area contributed by atoms with Crippen LogP contribution in [-0.2, 0) is 0 Å². The first-order valence-corrected chi connectivity index (χ1v) is 6.23. The van der Waals surface area contributed by atoms with E-state index in [9.17, 15) is 14.0 Å². The summed E-state index contributed by atoms with van der Waals surface area (Å²) < 4.78 is 13.1. The van der Waals surface area contributed by atoms with Gasteiger partial charge in [0.2, 0.25) is 0 Å². The zero-order valence-electron chi connectivity index (χ0n) is 11.2. The molecule has 1 aromatic heterocycles. The predicted octanol–water partition coefficient (Wildman–Crippen LogP) is 2.31. The molecule has 0 fully saturated rings. The summed E-state index contributed by atoms with van der Waals surface area (Å²) in [6, 6.07) is 6.95. The van der Waals surface area contributed by atoms with E-state index in [2.05, 4.69) is 10.3 Å². The number of hydrogen-bond acceptors (Lipinski definition) is 2. The second-order valence-electron chi connectivity index (χ2n) is 4.64. The Morgan fingerprint density at radius 3 is 2.75 bits per heavy atom. The average molecular weight is 274 g/mol. The standard InChI is InChI=1S/C15H15FN2O2/c1-9-6-14(19)13(8-17-9)15(20)18-10(2)11-4-3-5-12(16)7-11/h3-8,10H,1-2H3,(H,17,19)(H,18,20). The molecule has 0 saturated carbocycles. The molecule has 5 heteroatoms. The number of carbonyl (C=O) groups is 1. The first kappa shape index (κ1) is 14.0. The smallest absolute Gasteiger partial charge is 0.257 e. The Balaban J connectivity index is 2.17. The van der Waals surface area contributed by atoms with Crippen molar-refractivity contribution in [3.63, 3.8) is 0 Å². The summed E-state index contributed by atoms with van der Waals surface area (Å²) in [6.07, 6.45) is 1.38. The van der Waals surface area contributed by atoms with Crippen molar-refractivity contribution in [2.75, 3.05) is 0 Å². The molecule has 0 radical (unpaired) electrons. The normalized spacial score (nSPS) is 11.9. The highest BCUT2D eigenvalue weighted by atomic mass is 19.1. The molecule has 1 aromatic carbocycles. The maximum Gasteiger partial charge on any atom is 0.257 e. The van der Waals surface area contributed by atoms with Crippen molar-refractivity contribution >= 4 is 5.91 Å². The van der Waals surface area contributed by atoms with E-state index in [1.807, 2.05) is 0 Å². The maximum atomic E-state index is 13.1. The monoisotopic (exact) mass is 274 g/mol. The summed E-state index contributed by atoms with van der Waals surface area (Å²) in [6.45, 7) is 3.47. The molecule has 2 rings (SSSR count). The molecule has 0 aliphatic rings. The predicted molar refractivity (Wildman–Crippen MR) is 74.1 cm³/mol. The number of halogens is 1. The van der Waals surface area contributed by atoms with E-state index in [0.29, 0.717) is 11.3 Å².